The Hall–Kier alpha value is -1.80. The van der Waals surface area contributed by atoms with Gasteiger partial charge in [-0.05, 0) is 50.0 Å². The molecule has 0 spiro atoms. The molecule has 27 heavy (non-hydrogen) atoms. The van der Waals surface area contributed by atoms with E-state index >= 15 is 0 Å². The molecule has 5 nitrogen and oxygen atoms in total. The van der Waals surface area contributed by atoms with Crippen LogP contribution in [0.1, 0.15) is 42.6 Å². The molecule has 1 fully saturated rings. The van der Waals surface area contributed by atoms with Gasteiger partial charge in [0.25, 0.3) is 5.91 Å². The predicted octanol–water partition coefficient (Wildman–Crippen LogP) is 3.55. The maximum atomic E-state index is 13.1. The monoisotopic (exact) mass is 407 g/mol. The van der Waals surface area contributed by atoms with Crippen LogP contribution in [-0.2, 0) is 11.0 Å². The number of carbonyl (C=O) groups is 2. The number of halogens is 4. The molecule has 1 aromatic carbocycles. The first-order chi connectivity index (χ1) is 12.2. The minimum absolute atomic E-state index is 0. The van der Waals surface area contributed by atoms with Crippen LogP contribution in [-0.4, -0.2) is 42.9 Å². The Labute approximate surface area is 163 Å². The summed E-state index contributed by atoms with van der Waals surface area (Å²) >= 11 is 0. The quantitative estimate of drug-likeness (QED) is 0.784. The molecule has 1 aromatic rings. The first-order valence-electron chi connectivity index (χ1n) is 8.70. The third kappa shape index (κ3) is 6.70. The van der Waals surface area contributed by atoms with E-state index in [1.54, 1.807) is 4.90 Å². The first-order valence-corrected chi connectivity index (χ1v) is 8.70. The fraction of sp³-hybridized carbons (Fsp3) is 0.556. The molecule has 9 heteroatoms. The van der Waals surface area contributed by atoms with Crippen LogP contribution in [0.2, 0.25) is 0 Å². The Bertz CT molecular complexity index is 660. The summed E-state index contributed by atoms with van der Waals surface area (Å²) in [6.07, 6.45) is -2.96. The SMILES string of the molecule is CCNCC1CCN(C(=O)c2cc(NC(C)=O)cc(C(F)(F)F)c2)CC1.Cl. The average Bonchev–Trinajstić information content (AvgIpc) is 2.58. The van der Waals surface area contributed by atoms with Crippen LogP contribution in [0.15, 0.2) is 18.2 Å². The van der Waals surface area contributed by atoms with Crippen LogP contribution in [0.5, 0.6) is 0 Å². The summed E-state index contributed by atoms with van der Waals surface area (Å²) in [7, 11) is 0. The van der Waals surface area contributed by atoms with Crippen molar-refractivity contribution in [1.29, 1.82) is 0 Å². The van der Waals surface area contributed by atoms with Crippen molar-refractivity contribution < 1.29 is 22.8 Å². The van der Waals surface area contributed by atoms with Crippen LogP contribution in [0.3, 0.4) is 0 Å². The van der Waals surface area contributed by atoms with Gasteiger partial charge in [-0.15, -0.1) is 12.4 Å². The van der Waals surface area contributed by atoms with Gasteiger partial charge in [-0.3, -0.25) is 9.59 Å². The number of amides is 2. The lowest BCUT2D eigenvalue weighted by Crippen LogP contribution is -2.40. The number of carbonyl (C=O) groups excluding carboxylic acids is 2. The number of likely N-dealkylation sites (tertiary alicyclic amines) is 1. The van der Waals surface area contributed by atoms with Crippen LogP contribution < -0.4 is 10.6 Å². The molecule has 0 bridgehead atoms. The van der Waals surface area contributed by atoms with E-state index in [9.17, 15) is 22.8 Å². The summed E-state index contributed by atoms with van der Waals surface area (Å²) in [4.78, 5) is 25.4. The zero-order valence-electron chi connectivity index (χ0n) is 15.4. The second-order valence-corrected chi connectivity index (χ2v) is 6.52. The van der Waals surface area contributed by atoms with Crippen LogP contribution >= 0.6 is 12.4 Å². The molecule has 0 atom stereocenters. The Morgan fingerprint density at radius 2 is 1.81 bits per heavy atom. The van der Waals surface area contributed by atoms with Crippen molar-refractivity contribution in [2.24, 2.45) is 5.92 Å². The van der Waals surface area contributed by atoms with Gasteiger partial charge >= 0.3 is 6.18 Å². The number of alkyl halides is 3. The van der Waals surface area contributed by atoms with E-state index in [4.69, 9.17) is 0 Å². The van der Waals surface area contributed by atoms with Crippen molar-refractivity contribution in [3.05, 3.63) is 29.3 Å². The zero-order chi connectivity index (χ0) is 19.3. The van der Waals surface area contributed by atoms with Crippen LogP contribution in [0.4, 0.5) is 18.9 Å². The molecular weight excluding hydrogens is 383 g/mol. The molecule has 1 aliphatic rings. The van der Waals surface area contributed by atoms with Crippen molar-refractivity contribution in [2.75, 3.05) is 31.5 Å². The van der Waals surface area contributed by atoms with Gasteiger partial charge in [0.15, 0.2) is 0 Å². The van der Waals surface area contributed by atoms with Gasteiger partial charge in [-0.1, -0.05) is 6.92 Å². The zero-order valence-corrected chi connectivity index (χ0v) is 16.2. The van der Waals surface area contributed by atoms with E-state index in [0.29, 0.717) is 19.0 Å². The highest BCUT2D eigenvalue weighted by molar-refractivity contribution is 5.97. The van der Waals surface area contributed by atoms with Crippen molar-refractivity contribution >= 4 is 29.9 Å². The molecule has 2 N–H and O–H groups in total. The van der Waals surface area contributed by atoms with E-state index < -0.39 is 23.6 Å². The molecule has 2 amide bonds. The number of anilines is 1. The normalized spacial score (nSPS) is 15.2. The highest BCUT2D eigenvalue weighted by atomic mass is 35.5. The van der Waals surface area contributed by atoms with E-state index in [0.717, 1.165) is 38.1 Å². The van der Waals surface area contributed by atoms with Crippen molar-refractivity contribution in [1.82, 2.24) is 10.2 Å². The van der Waals surface area contributed by atoms with E-state index in [-0.39, 0.29) is 23.7 Å². The van der Waals surface area contributed by atoms with Crippen molar-refractivity contribution in [3.8, 4) is 0 Å². The summed E-state index contributed by atoms with van der Waals surface area (Å²) in [5.41, 5.74) is -1.04. The highest BCUT2D eigenvalue weighted by Gasteiger charge is 2.33. The molecule has 0 aromatic heterocycles. The molecule has 0 saturated carbocycles. The number of benzene rings is 1. The van der Waals surface area contributed by atoms with E-state index in [2.05, 4.69) is 10.6 Å². The molecule has 1 saturated heterocycles. The fourth-order valence-corrected chi connectivity index (χ4v) is 3.06. The number of hydrogen-bond donors (Lipinski definition) is 2. The van der Waals surface area contributed by atoms with Crippen molar-refractivity contribution in [3.63, 3.8) is 0 Å². The first kappa shape index (κ1) is 23.2. The van der Waals surface area contributed by atoms with E-state index in [1.165, 1.54) is 13.0 Å². The second kappa shape index (κ2) is 9.94. The number of piperidine rings is 1. The smallest absolute Gasteiger partial charge is 0.339 e. The van der Waals surface area contributed by atoms with Gasteiger partial charge < -0.3 is 15.5 Å². The molecule has 0 unspecified atom stereocenters. The third-order valence-electron chi connectivity index (χ3n) is 4.41. The van der Waals surface area contributed by atoms with Gasteiger partial charge in [-0.25, -0.2) is 0 Å². The van der Waals surface area contributed by atoms with Crippen molar-refractivity contribution in [2.45, 2.75) is 32.9 Å². The van der Waals surface area contributed by atoms with Gasteiger partial charge in [0, 0.05) is 31.3 Å². The Morgan fingerprint density at radius 3 is 2.33 bits per heavy atom. The molecule has 0 radical (unpaired) electrons. The predicted molar refractivity (Wildman–Crippen MR) is 100 cm³/mol. The van der Waals surface area contributed by atoms with Crippen LogP contribution in [0, 0.1) is 5.92 Å². The molecular formula is C18H25ClF3N3O2. The van der Waals surface area contributed by atoms with Gasteiger partial charge in [0.05, 0.1) is 5.56 Å². The Balaban J connectivity index is 0.00000364. The Kier molecular flexibility index (Phi) is 8.56. The fourth-order valence-electron chi connectivity index (χ4n) is 3.06. The molecule has 1 aliphatic heterocycles. The second-order valence-electron chi connectivity index (χ2n) is 6.52. The van der Waals surface area contributed by atoms with Crippen LogP contribution in [0.25, 0.3) is 0 Å². The summed E-state index contributed by atoms with van der Waals surface area (Å²) in [6.45, 7) is 6.03. The number of rotatable bonds is 5. The third-order valence-corrected chi connectivity index (χ3v) is 4.41. The number of nitrogens with one attached hydrogen (secondary N) is 2. The lowest BCUT2D eigenvalue weighted by atomic mass is 9.96. The lowest BCUT2D eigenvalue weighted by Gasteiger charge is -2.32. The lowest BCUT2D eigenvalue weighted by molar-refractivity contribution is -0.137. The van der Waals surface area contributed by atoms with Gasteiger partial charge in [-0.2, -0.15) is 13.2 Å². The van der Waals surface area contributed by atoms with Gasteiger partial charge in [0.1, 0.15) is 0 Å². The maximum absolute atomic E-state index is 13.1. The number of hydrogen-bond acceptors (Lipinski definition) is 3. The average molecular weight is 408 g/mol. The molecule has 152 valence electrons. The summed E-state index contributed by atoms with van der Waals surface area (Å²) < 4.78 is 39.3. The minimum atomic E-state index is -4.59. The van der Waals surface area contributed by atoms with E-state index in [1.807, 2.05) is 6.92 Å². The van der Waals surface area contributed by atoms with Gasteiger partial charge in [0.2, 0.25) is 5.91 Å². The Morgan fingerprint density at radius 1 is 1.19 bits per heavy atom. The summed E-state index contributed by atoms with van der Waals surface area (Å²) in [5, 5.41) is 5.60. The summed E-state index contributed by atoms with van der Waals surface area (Å²) in [5.74, 6) is -0.466. The molecule has 2 rings (SSSR count). The molecule has 1 heterocycles. The highest BCUT2D eigenvalue weighted by Crippen LogP contribution is 2.32. The molecule has 0 aliphatic carbocycles. The standard InChI is InChI=1S/C18H24F3N3O2.ClH/c1-3-22-11-13-4-6-24(7-5-13)17(26)14-8-15(18(19,20)21)10-16(9-14)23-12(2)25;/h8-10,13,22H,3-7,11H2,1-2H3,(H,23,25);1H. The minimum Gasteiger partial charge on any atom is -0.339 e. The number of nitrogens with zero attached hydrogens (tertiary/aromatic N) is 1. The summed E-state index contributed by atoms with van der Waals surface area (Å²) in [6, 6.07) is 2.98. The largest absolute Gasteiger partial charge is 0.416 e. The topological polar surface area (TPSA) is 61.4 Å². The maximum Gasteiger partial charge on any atom is 0.416 e.